The molecule has 14 heavy (non-hydrogen) atoms. The molecule has 7 heteroatoms. The number of rotatable bonds is 6. The van der Waals surface area contributed by atoms with Crippen LogP contribution in [0.4, 0.5) is 0 Å². The Bertz CT molecular complexity index is 235. The van der Waals surface area contributed by atoms with Gasteiger partial charge in [-0.15, -0.1) is 0 Å². The van der Waals surface area contributed by atoms with E-state index in [2.05, 4.69) is 0 Å². The Labute approximate surface area is 79.6 Å². The predicted octanol–water partition coefficient (Wildman–Crippen LogP) is -1.07. The number of hydrogen-bond acceptors (Lipinski definition) is 4. The first-order chi connectivity index (χ1) is 6.34. The summed E-state index contributed by atoms with van der Waals surface area (Å²) < 4.78 is 0. The molecule has 1 atom stereocenters. The van der Waals surface area contributed by atoms with Crippen molar-refractivity contribution < 1.29 is 29.7 Å². The van der Waals surface area contributed by atoms with Crippen molar-refractivity contribution in [2.45, 2.75) is 13.0 Å². The van der Waals surface area contributed by atoms with E-state index < -0.39 is 37.0 Å². The topological polar surface area (TPSA) is 115 Å². The fourth-order valence-electron chi connectivity index (χ4n) is 0.833. The van der Waals surface area contributed by atoms with E-state index in [9.17, 15) is 14.4 Å². The van der Waals surface area contributed by atoms with Crippen molar-refractivity contribution in [3.63, 3.8) is 0 Å². The number of aliphatic carboxylic acids is 3. The summed E-state index contributed by atoms with van der Waals surface area (Å²) in [6, 6.07) is -1.14. The van der Waals surface area contributed by atoms with Crippen LogP contribution in [-0.2, 0) is 14.4 Å². The monoisotopic (exact) mass is 205 g/mol. The van der Waals surface area contributed by atoms with Crippen LogP contribution < -0.4 is 0 Å². The van der Waals surface area contributed by atoms with Gasteiger partial charge in [0.25, 0.3) is 0 Å². The van der Waals surface area contributed by atoms with Crippen LogP contribution in [0.15, 0.2) is 0 Å². The normalized spacial score (nSPS) is 12.4. The van der Waals surface area contributed by atoms with Gasteiger partial charge in [-0.05, 0) is 6.92 Å². The summed E-state index contributed by atoms with van der Waals surface area (Å²) in [5.41, 5.74) is 0. The van der Waals surface area contributed by atoms with E-state index in [1.54, 1.807) is 0 Å². The first kappa shape index (κ1) is 12.4. The van der Waals surface area contributed by atoms with Crippen molar-refractivity contribution in [1.29, 1.82) is 0 Å². The zero-order chi connectivity index (χ0) is 11.3. The number of carbonyl (C=O) groups is 3. The van der Waals surface area contributed by atoms with Crippen molar-refractivity contribution in [2.75, 3.05) is 13.1 Å². The van der Waals surface area contributed by atoms with Crippen molar-refractivity contribution in [2.24, 2.45) is 0 Å². The van der Waals surface area contributed by atoms with Gasteiger partial charge in [0, 0.05) is 0 Å². The lowest BCUT2D eigenvalue weighted by Crippen LogP contribution is -2.44. The van der Waals surface area contributed by atoms with Crippen molar-refractivity contribution in [1.82, 2.24) is 4.90 Å². The summed E-state index contributed by atoms with van der Waals surface area (Å²) >= 11 is 0. The molecule has 0 aromatic rings. The Morgan fingerprint density at radius 1 is 1.07 bits per heavy atom. The second-order valence-corrected chi connectivity index (χ2v) is 2.71. The molecule has 0 aliphatic carbocycles. The number of hydrogen-bond donors (Lipinski definition) is 3. The van der Waals surface area contributed by atoms with Crippen LogP contribution >= 0.6 is 0 Å². The van der Waals surface area contributed by atoms with E-state index in [0.717, 1.165) is 4.90 Å². The average Bonchev–Trinajstić information content (AvgIpc) is 1.99. The van der Waals surface area contributed by atoms with Crippen LogP contribution in [-0.4, -0.2) is 57.3 Å². The van der Waals surface area contributed by atoms with E-state index in [0.29, 0.717) is 0 Å². The van der Waals surface area contributed by atoms with Gasteiger partial charge in [-0.25, -0.2) is 0 Å². The van der Waals surface area contributed by atoms with Crippen molar-refractivity contribution in [3.05, 3.63) is 0 Å². The maximum atomic E-state index is 10.5. The zero-order valence-electron chi connectivity index (χ0n) is 7.51. The fraction of sp³-hybridized carbons (Fsp3) is 0.571. The Hall–Kier alpha value is -1.63. The molecule has 0 aliphatic heterocycles. The molecule has 3 N–H and O–H groups in total. The molecule has 7 nitrogen and oxygen atoms in total. The molecule has 1 unspecified atom stereocenters. The SMILES string of the molecule is CC(C(=O)O)N(CC(=O)O)CC(=O)O. The Kier molecular flexibility index (Phi) is 4.57. The highest BCUT2D eigenvalue weighted by atomic mass is 16.4. The van der Waals surface area contributed by atoms with Crippen molar-refractivity contribution in [3.8, 4) is 0 Å². The average molecular weight is 205 g/mol. The van der Waals surface area contributed by atoms with Crippen LogP contribution in [0, 0.1) is 0 Å². The summed E-state index contributed by atoms with van der Waals surface area (Å²) in [6.07, 6.45) is 0. The molecule has 0 aliphatic rings. The quantitative estimate of drug-likeness (QED) is 0.505. The molecular weight excluding hydrogens is 194 g/mol. The molecule has 0 rings (SSSR count). The lowest BCUT2D eigenvalue weighted by Gasteiger charge is -2.21. The van der Waals surface area contributed by atoms with Crippen molar-refractivity contribution >= 4 is 17.9 Å². The Morgan fingerprint density at radius 2 is 1.43 bits per heavy atom. The molecular formula is C7H11NO6. The zero-order valence-corrected chi connectivity index (χ0v) is 7.51. The second-order valence-electron chi connectivity index (χ2n) is 2.71. The minimum Gasteiger partial charge on any atom is -0.480 e. The summed E-state index contributed by atoms with van der Waals surface area (Å²) in [4.78, 5) is 31.9. The number of carboxylic acids is 3. The van der Waals surface area contributed by atoms with E-state index in [1.807, 2.05) is 0 Å². The molecule has 80 valence electrons. The number of nitrogens with zero attached hydrogens (tertiary/aromatic N) is 1. The third kappa shape index (κ3) is 4.41. The highest BCUT2D eigenvalue weighted by Gasteiger charge is 2.24. The van der Waals surface area contributed by atoms with Crippen LogP contribution in [0.25, 0.3) is 0 Å². The van der Waals surface area contributed by atoms with Gasteiger partial charge in [-0.3, -0.25) is 19.3 Å². The van der Waals surface area contributed by atoms with Gasteiger partial charge in [0.05, 0.1) is 13.1 Å². The predicted molar refractivity (Wildman–Crippen MR) is 43.9 cm³/mol. The number of carboxylic acid groups (broad SMARTS) is 3. The molecule has 0 spiro atoms. The van der Waals surface area contributed by atoms with Crippen LogP contribution in [0.5, 0.6) is 0 Å². The molecule has 0 heterocycles. The van der Waals surface area contributed by atoms with Crippen LogP contribution in [0.3, 0.4) is 0 Å². The Morgan fingerprint density at radius 3 is 1.64 bits per heavy atom. The summed E-state index contributed by atoms with van der Waals surface area (Å²) in [7, 11) is 0. The molecule has 0 bridgehead atoms. The van der Waals surface area contributed by atoms with Gasteiger partial charge in [0.2, 0.25) is 0 Å². The summed E-state index contributed by atoms with van der Waals surface area (Å²) in [5.74, 6) is -3.79. The van der Waals surface area contributed by atoms with Gasteiger partial charge in [0.15, 0.2) is 0 Å². The van der Waals surface area contributed by atoms with Gasteiger partial charge in [0.1, 0.15) is 6.04 Å². The first-order valence-electron chi connectivity index (χ1n) is 3.75. The van der Waals surface area contributed by atoms with Gasteiger partial charge in [-0.2, -0.15) is 0 Å². The first-order valence-corrected chi connectivity index (χ1v) is 3.75. The largest absolute Gasteiger partial charge is 0.480 e. The van der Waals surface area contributed by atoms with Crippen LogP contribution in [0.2, 0.25) is 0 Å². The molecule has 0 fully saturated rings. The minimum absolute atomic E-state index is 0.611. The van der Waals surface area contributed by atoms with Crippen LogP contribution in [0.1, 0.15) is 6.92 Å². The Balaban J connectivity index is 4.45. The van der Waals surface area contributed by atoms with Gasteiger partial charge < -0.3 is 15.3 Å². The van der Waals surface area contributed by atoms with E-state index >= 15 is 0 Å². The highest BCUT2D eigenvalue weighted by Crippen LogP contribution is 1.98. The molecule has 0 saturated carbocycles. The second kappa shape index (κ2) is 5.18. The smallest absolute Gasteiger partial charge is 0.320 e. The highest BCUT2D eigenvalue weighted by molar-refractivity contribution is 5.77. The third-order valence-corrected chi connectivity index (χ3v) is 1.58. The molecule has 0 aromatic carbocycles. The maximum absolute atomic E-state index is 10.5. The van der Waals surface area contributed by atoms with Gasteiger partial charge in [-0.1, -0.05) is 0 Å². The van der Waals surface area contributed by atoms with E-state index in [1.165, 1.54) is 6.92 Å². The fourth-order valence-corrected chi connectivity index (χ4v) is 0.833. The maximum Gasteiger partial charge on any atom is 0.320 e. The van der Waals surface area contributed by atoms with E-state index in [4.69, 9.17) is 15.3 Å². The summed E-state index contributed by atoms with van der Waals surface area (Å²) in [6.45, 7) is 0.00769. The standard InChI is InChI=1S/C7H11NO6/c1-4(7(13)14)8(2-5(9)10)3-6(11)12/h4H,2-3H2,1H3,(H,9,10)(H,11,12)(H,13,14). The lowest BCUT2D eigenvalue weighted by molar-refractivity contribution is -0.148. The van der Waals surface area contributed by atoms with Gasteiger partial charge >= 0.3 is 17.9 Å². The minimum atomic E-state index is -1.26. The lowest BCUT2D eigenvalue weighted by atomic mass is 10.3. The molecule has 0 amide bonds. The molecule has 0 radical (unpaired) electrons. The molecule has 0 saturated heterocycles. The molecule has 0 aromatic heterocycles. The third-order valence-electron chi connectivity index (χ3n) is 1.58. The van der Waals surface area contributed by atoms with E-state index in [-0.39, 0.29) is 0 Å². The summed E-state index contributed by atoms with van der Waals surface area (Å²) in [5, 5.41) is 25.4.